The van der Waals surface area contributed by atoms with Crippen LogP contribution in [0.25, 0.3) is 0 Å². The van der Waals surface area contributed by atoms with Gasteiger partial charge in [-0.05, 0) is 46.2 Å². The summed E-state index contributed by atoms with van der Waals surface area (Å²) in [4.78, 5) is 0. The molecule has 1 aliphatic heterocycles. The van der Waals surface area contributed by atoms with E-state index in [1.807, 2.05) is 19.9 Å². The fourth-order valence-corrected chi connectivity index (χ4v) is 2.13. The lowest BCUT2D eigenvalue weighted by molar-refractivity contribution is 0.281. The molecule has 0 aromatic rings. The van der Waals surface area contributed by atoms with Gasteiger partial charge >= 0.3 is 0 Å². The number of nitrogens with one attached hydrogen (secondary N) is 1. The van der Waals surface area contributed by atoms with Gasteiger partial charge in [0.05, 0.1) is 11.5 Å². The third-order valence-corrected chi connectivity index (χ3v) is 3.29. The average Bonchev–Trinajstić information content (AvgIpc) is 2.35. The highest BCUT2D eigenvalue weighted by atomic mass is 14.9. The number of rotatable bonds is 4. The lowest BCUT2D eigenvalue weighted by Crippen LogP contribution is -2.36. The van der Waals surface area contributed by atoms with Crippen LogP contribution in [0.15, 0.2) is 36.0 Å². The van der Waals surface area contributed by atoms with Gasteiger partial charge in [-0.2, -0.15) is 5.26 Å². The van der Waals surface area contributed by atoms with E-state index in [-0.39, 0.29) is 5.41 Å². The molecule has 0 spiro atoms. The Kier molecular flexibility index (Phi) is 5.18. The SMILES string of the molecule is C=C(C)/C=C\C(=CC)CC1(C#N)CCNCC1. The molecular weight excluding hydrogens is 208 g/mol. The van der Waals surface area contributed by atoms with Gasteiger partial charge in [-0.25, -0.2) is 0 Å². The number of nitrogens with zero attached hydrogens (tertiary/aromatic N) is 1. The highest BCUT2D eigenvalue weighted by molar-refractivity contribution is 5.27. The molecule has 0 amide bonds. The summed E-state index contributed by atoms with van der Waals surface area (Å²) >= 11 is 0. The molecule has 0 atom stereocenters. The molecule has 0 aromatic carbocycles. The van der Waals surface area contributed by atoms with E-state index in [4.69, 9.17) is 0 Å². The van der Waals surface area contributed by atoms with E-state index < -0.39 is 0 Å². The Morgan fingerprint density at radius 1 is 1.41 bits per heavy atom. The smallest absolute Gasteiger partial charge is 0.0694 e. The molecule has 0 saturated carbocycles. The number of hydrogen-bond acceptors (Lipinski definition) is 2. The maximum absolute atomic E-state index is 9.42. The summed E-state index contributed by atoms with van der Waals surface area (Å²) in [5, 5.41) is 12.7. The van der Waals surface area contributed by atoms with Crippen molar-refractivity contribution in [3.05, 3.63) is 36.0 Å². The van der Waals surface area contributed by atoms with Crippen LogP contribution in [0.1, 0.15) is 33.1 Å². The van der Waals surface area contributed by atoms with Crippen molar-refractivity contribution in [3.63, 3.8) is 0 Å². The number of nitriles is 1. The van der Waals surface area contributed by atoms with Gasteiger partial charge in [0.1, 0.15) is 0 Å². The molecule has 2 heteroatoms. The van der Waals surface area contributed by atoms with E-state index in [1.54, 1.807) is 0 Å². The Morgan fingerprint density at radius 2 is 2.06 bits per heavy atom. The summed E-state index contributed by atoms with van der Waals surface area (Å²) in [6, 6.07) is 2.53. The van der Waals surface area contributed by atoms with Crippen LogP contribution in [-0.4, -0.2) is 13.1 Å². The van der Waals surface area contributed by atoms with E-state index in [0.717, 1.165) is 37.9 Å². The maximum Gasteiger partial charge on any atom is 0.0694 e. The lowest BCUT2D eigenvalue weighted by Gasteiger charge is -2.31. The van der Waals surface area contributed by atoms with Gasteiger partial charge in [0, 0.05) is 0 Å². The van der Waals surface area contributed by atoms with Gasteiger partial charge in [-0.1, -0.05) is 36.0 Å². The Bertz CT molecular complexity index is 363. The second-order valence-electron chi connectivity index (χ2n) is 4.86. The van der Waals surface area contributed by atoms with Crippen molar-refractivity contribution >= 4 is 0 Å². The van der Waals surface area contributed by atoms with Gasteiger partial charge < -0.3 is 5.32 Å². The summed E-state index contributed by atoms with van der Waals surface area (Å²) in [5.74, 6) is 0. The van der Waals surface area contributed by atoms with E-state index in [1.165, 1.54) is 5.57 Å². The Hall–Kier alpha value is -1.33. The largest absolute Gasteiger partial charge is 0.317 e. The molecule has 92 valence electrons. The van der Waals surface area contributed by atoms with Crippen LogP contribution < -0.4 is 5.32 Å². The Morgan fingerprint density at radius 3 is 2.53 bits per heavy atom. The monoisotopic (exact) mass is 230 g/mol. The molecule has 0 bridgehead atoms. The lowest BCUT2D eigenvalue weighted by atomic mass is 9.75. The highest BCUT2D eigenvalue weighted by Crippen LogP contribution is 2.35. The quantitative estimate of drug-likeness (QED) is 0.752. The van der Waals surface area contributed by atoms with Crippen LogP contribution in [0, 0.1) is 16.7 Å². The molecule has 1 fully saturated rings. The summed E-state index contributed by atoms with van der Waals surface area (Å²) in [6.07, 6.45) is 8.94. The molecule has 1 aliphatic rings. The van der Waals surface area contributed by atoms with E-state index >= 15 is 0 Å². The average molecular weight is 230 g/mol. The first kappa shape index (κ1) is 13.7. The van der Waals surface area contributed by atoms with E-state index in [2.05, 4.69) is 30.1 Å². The zero-order valence-corrected chi connectivity index (χ0v) is 10.9. The third kappa shape index (κ3) is 4.20. The molecular formula is C15H22N2. The number of hydrogen-bond donors (Lipinski definition) is 1. The van der Waals surface area contributed by atoms with Crippen molar-refractivity contribution in [1.82, 2.24) is 5.32 Å². The predicted octanol–water partition coefficient (Wildman–Crippen LogP) is 3.35. The van der Waals surface area contributed by atoms with Crippen LogP contribution >= 0.6 is 0 Å². The van der Waals surface area contributed by atoms with E-state index in [0.29, 0.717) is 0 Å². The summed E-state index contributed by atoms with van der Waals surface area (Å²) in [6.45, 7) is 9.78. The summed E-state index contributed by atoms with van der Waals surface area (Å²) in [7, 11) is 0. The van der Waals surface area contributed by atoms with Crippen molar-refractivity contribution in [2.45, 2.75) is 33.1 Å². The molecule has 0 aliphatic carbocycles. The second kappa shape index (κ2) is 6.42. The molecule has 1 saturated heterocycles. The van der Waals surface area contributed by atoms with Crippen LogP contribution in [0.3, 0.4) is 0 Å². The maximum atomic E-state index is 9.42. The molecule has 1 rings (SSSR count). The predicted molar refractivity (Wildman–Crippen MR) is 72.5 cm³/mol. The third-order valence-electron chi connectivity index (χ3n) is 3.29. The van der Waals surface area contributed by atoms with E-state index in [9.17, 15) is 5.26 Å². The number of allylic oxidation sites excluding steroid dienone is 5. The molecule has 17 heavy (non-hydrogen) atoms. The molecule has 2 nitrogen and oxygen atoms in total. The van der Waals surface area contributed by atoms with Crippen LogP contribution in [-0.2, 0) is 0 Å². The van der Waals surface area contributed by atoms with Crippen molar-refractivity contribution in [2.75, 3.05) is 13.1 Å². The Balaban J connectivity index is 2.72. The first-order valence-electron chi connectivity index (χ1n) is 6.23. The topological polar surface area (TPSA) is 35.8 Å². The normalized spacial score (nSPS) is 20.2. The van der Waals surface area contributed by atoms with Gasteiger partial charge in [0.15, 0.2) is 0 Å². The van der Waals surface area contributed by atoms with Crippen molar-refractivity contribution in [3.8, 4) is 6.07 Å². The summed E-state index contributed by atoms with van der Waals surface area (Å²) < 4.78 is 0. The van der Waals surface area contributed by atoms with Crippen molar-refractivity contribution < 1.29 is 0 Å². The van der Waals surface area contributed by atoms with Gasteiger partial charge in [-0.15, -0.1) is 0 Å². The van der Waals surface area contributed by atoms with Crippen molar-refractivity contribution in [1.29, 1.82) is 5.26 Å². The van der Waals surface area contributed by atoms with Crippen LogP contribution in [0.2, 0.25) is 0 Å². The zero-order chi connectivity index (χ0) is 12.7. The number of piperidine rings is 1. The minimum atomic E-state index is -0.174. The minimum absolute atomic E-state index is 0.174. The first-order chi connectivity index (χ1) is 8.12. The molecule has 0 radical (unpaired) electrons. The highest BCUT2D eigenvalue weighted by Gasteiger charge is 2.32. The van der Waals surface area contributed by atoms with Crippen LogP contribution in [0.5, 0.6) is 0 Å². The summed E-state index contributed by atoms with van der Waals surface area (Å²) in [5.41, 5.74) is 2.10. The minimum Gasteiger partial charge on any atom is -0.317 e. The molecule has 1 N–H and O–H groups in total. The molecule has 0 unspecified atom stereocenters. The first-order valence-corrected chi connectivity index (χ1v) is 6.23. The Labute approximate surface area is 105 Å². The van der Waals surface area contributed by atoms with Crippen molar-refractivity contribution in [2.24, 2.45) is 5.41 Å². The zero-order valence-electron chi connectivity index (χ0n) is 10.9. The fraction of sp³-hybridized carbons (Fsp3) is 0.533. The standard InChI is InChI=1S/C15H22N2/c1-4-14(6-5-13(2)3)11-15(12-16)7-9-17-10-8-15/h4-6,17H,2,7-11H2,1,3H3/b6-5-,14-4?. The van der Waals surface area contributed by atoms with Crippen LogP contribution in [0.4, 0.5) is 0 Å². The molecule has 1 heterocycles. The second-order valence-corrected chi connectivity index (χ2v) is 4.86. The molecule has 0 aromatic heterocycles. The van der Waals surface area contributed by atoms with Gasteiger partial charge in [-0.3, -0.25) is 0 Å². The van der Waals surface area contributed by atoms with Gasteiger partial charge in [0.2, 0.25) is 0 Å². The van der Waals surface area contributed by atoms with Gasteiger partial charge in [0.25, 0.3) is 0 Å². The fourth-order valence-electron chi connectivity index (χ4n) is 2.13.